The van der Waals surface area contributed by atoms with Crippen LogP contribution in [0.15, 0.2) is 0 Å². The molecule has 2 aliphatic heterocycles. The molecule has 2 fully saturated rings. The highest BCUT2D eigenvalue weighted by molar-refractivity contribution is 5.11. The van der Waals surface area contributed by atoms with E-state index < -0.39 is 0 Å². The minimum Gasteiger partial charge on any atom is -0.307 e. The van der Waals surface area contributed by atoms with E-state index in [0.717, 1.165) is 0 Å². The second-order valence-electron chi connectivity index (χ2n) is 6.48. The third-order valence-corrected chi connectivity index (χ3v) is 4.83. The highest BCUT2D eigenvalue weighted by Crippen LogP contribution is 2.46. The summed E-state index contributed by atoms with van der Waals surface area (Å²) < 4.78 is 0. The summed E-state index contributed by atoms with van der Waals surface area (Å²) in [6, 6.07) is 1.37. The first kappa shape index (κ1) is 11.4. The molecular weight excluding hydrogens is 184 g/mol. The van der Waals surface area contributed by atoms with E-state index in [4.69, 9.17) is 0 Å². The van der Waals surface area contributed by atoms with E-state index in [1.165, 1.54) is 25.9 Å². The Bertz CT molecular complexity index is 251. The molecule has 2 rings (SSSR count). The lowest BCUT2D eigenvalue weighted by Gasteiger charge is -2.47. The molecule has 0 saturated carbocycles. The van der Waals surface area contributed by atoms with Crippen LogP contribution in [-0.2, 0) is 0 Å². The molecule has 2 saturated heterocycles. The normalized spacial score (nSPS) is 47.2. The summed E-state index contributed by atoms with van der Waals surface area (Å²) in [6.45, 7) is 14.3. The molecule has 2 nitrogen and oxygen atoms in total. The molecule has 2 aliphatic rings. The van der Waals surface area contributed by atoms with Crippen LogP contribution in [0.25, 0.3) is 0 Å². The van der Waals surface area contributed by atoms with Crippen molar-refractivity contribution in [2.45, 2.75) is 65.1 Å². The molecule has 2 heteroatoms. The van der Waals surface area contributed by atoms with Crippen LogP contribution in [0, 0.1) is 5.41 Å². The molecule has 0 aliphatic carbocycles. The SMILES string of the molecule is CC1CC[C@@]2(C)CN(C(C)C)C[C@@]2(C)N1. The molecule has 1 N–H and O–H groups in total. The summed E-state index contributed by atoms with van der Waals surface area (Å²) in [5.41, 5.74) is 0.804. The van der Waals surface area contributed by atoms with Crippen LogP contribution in [0.1, 0.15) is 47.5 Å². The smallest absolute Gasteiger partial charge is 0.0348 e. The van der Waals surface area contributed by atoms with Gasteiger partial charge in [0.05, 0.1) is 0 Å². The van der Waals surface area contributed by atoms with Gasteiger partial charge in [0, 0.05) is 30.7 Å². The van der Waals surface area contributed by atoms with Crippen molar-refractivity contribution in [3.8, 4) is 0 Å². The van der Waals surface area contributed by atoms with Crippen LogP contribution >= 0.6 is 0 Å². The van der Waals surface area contributed by atoms with Gasteiger partial charge in [0.2, 0.25) is 0 Å². The van der Waals surface area contributed by atoms with Crippen molar-refractivity contribution >= 4 is 0 Å². The van der Waals surface area contributed by atoms with Gasteiger partial charge in [0.25, 0.3) is 0 Å². The molecule has 0 aromatic carbocycles. The molecule has 3 atom stereocenters. The number of rotatable bonds is 1. The number of fused-ring (bicyclic) bond motifs is 1. The second kappa shape index (κ2) is 3.46. The van der Waals surface area contributed by atoms with Crippen molar-refractivity contribution in [2.75, 3.05) is 13.1 Å². The van der Waals surface area contributed by atoms with Gasteiger partial charge >= 0.3 is 0 Å². The fourth-order valence-electron chi connectivity index (χ4n) is 3.37. The summed E-state index contributed by atoms with van der Waals surface area (Å²) in [6.07, 6.45) is 2.71. The van der Waals surface area contributed by atoms with Crippen LogP contribution in [0.2, 0.25) is 0 Å². The molecule has 1 unspecified atom stereocenters. The lowest BCUT2D eigenvalue weighted by atomic mass is 9.68. The first-order chi connectivity index (χ1) is 6.86. The van der Waals surface area contributed by atoms with E-state index >= 15 is 0 Å². The fraction of sp³-hybridized carbons (Fsp3) is 1.00. The van der Waals surface area contributed by atoms with Gasteiger partial charge < -0.3 is 5.32 Å². The van der Waals surface area contributed by atoms with Gasteiger partial charge in [-0.3, -0.25) is 4.90 Å². The van der Waals surface area contributed by atoms with Crippen molar-refractivity contribution in [2.24, 2.45) is 5.41 Å². The summed E-state index contributed by atoms with van der Waals surface area (Å²) in [7, 11) is 0. The van der Waals surface area contributed by atoms with E-state index in [1.807, 2.05) is 0 Å². The number of nitrogens with zero attached hydrogens (tertiary/aromatic N) is 1. The summed E-state index contributed by atoms with van der Waals surface area (Å²) in [5, 5.41) is 3.84. The topological polar surface area (TPSA) is 15.3 Å². The second-order valence-corrected chi connectivity index (χ2v) is 6.48. The van der Waals surface area contributed by atoms with E-state index in [0.29, 0.717) is 23.0 Å². The lowest BCUT2D eigenvalue weighted by molar-refractivity contribution is 0.0999. The third-order valence-electron chi connectivity index (χ3n) is 4.83. The van der Waals surface area contributed by atoms with Crippen LogP contribution < -0.4 is 5.32 Å². The minimum atomic E-state index is 0.328. The number of nitrogens with one attached hydrogen (secondary N) is 1. The van der Waals surface area contributed by atoms with Gasteiger partial charge in [-0.2, -0.15) is 0 Å². The zero-order valence-electron chi connectivity index (χ0n) is 10.9. The molecule has 0 radical (unpaired) electrons. The van der Waals surface area contributed by atoms with Crippen LogP contribution in [0.4, 0.5) is 0 Å². The predicted octanol–water partition coefficient (Wildman–Crippen LogP) is 2.25. The molecule has 0 aromatic heterocycles. The Labute approximate surface area is 94.4 Å². The van der Waals surface area contributed by atoms with Gasteiger partial charge in [-0.25, -0.2) is 0 Å². The molecule has 88 valence electrons. The van der Waals surface area contributed by atoms with Crippen molar-refractivity contribution in [3.63, 3.8) is 0 Å². The standard InChI is InChI=1S/C13H26N2/c1-10(2)15-8-12(4)7-6-11(3)14-13(12,5)9-15/h10-11,14H,6-9H2,1-5H3/t11?,12-,13+/m0/s1. The maximum absolute atomic E-state index is 3.84. The Kier molecular flexibility index (Phi) is 2.63. The van der Waals surface area contributed by atoms with Crippen LogP contribution in [-0.4, -0.2) is 35.6 Å². The number of likely N-dealkylation sites (tertiary alicyclic amines) is 1. The van der Waals surface area contributed by atoms with Crippen molar-refractivity contribution in [1.29, 1.82) is 0 Å². The molecule has 0 bridgehead atoms. The highest BCUT2D eigenvalue weighted by atomic mass is 15.3. The molecule has 15 heavy (non-hydrogen) atoms. The number of piperidine rings is 1. The summed E-state index contributed by atoms with van der Waals surface area (Å²) in [5.74, 6) is 0. The van der Waals surface area contributed by atoms with Crippen LogP contribution in [0.5, 0.6) is 0 Å². The Morgan fingerprint density at radius 2 is 1.93 bits per heavy atom. The van der Waals surface area contributed by atoms with Crippen molar-refractivity contribution < 1.29 is 0 Å². The quantitative estimate of drug-likeness (QED) is 0.714. The summed E-state index contributed by atoms with van der Waals surface area (Å²) in [4.78, 5) is 2.63. The van der Waals surface area contributed by atoms with E-state index in [9.17, 15) is 0 Å². The fourth-order valence-corrected chi connectivity index (χ4v) is 3.37. The molecule has 0 spiro atoms. The van der Waals surface area contributed by atoms with Gasteiger partial charge in [-0.05, 0) is 46.0 Å². The van der Waals surface area contributed by atoms with Crippen molar-refractivity contribution in [1.82, 2.24) is 10.2 Å². The van der Waals surface area contributed by atoms with Gasteiger partial charge in [-0.15, -0.1) is 0 Å². The monoisotopic (exact) mass is 210 g/mol. The van der Waals surface area contributed by atoms with E-state index in [1.54, 1.807) is 0 Å². The molecule has 0 aromatic rings. The zero-order chi connectivity index (χ0) is 11.3. The largest absolute Gasteiger partial charge is 0.307 e. The van der Waals surface area contributed by atoms with E-state index in [2.05, 4.69) is 44.8 Å². The lowest BCUT2D eigenvalue weighted by Crippen LogP contribution is -2.61. The average molecular weight is 210 g/mol. The van der Waals surface area contributed by atoms with Gasteiger partial charge in [0.1, 0.15) is 0 Å². The van der Waals surface area contributed by atoms with Gasteiger partial charge in [-0.1, -0.05) is 6.92 Å². The Morgan fingerprint density at radius 3 is 2.53 bits per heavy atom. The Balaban J connectivity index is 2.20. The average Bonchev–Trinajstić information content (AvgIpc) is 2.38. The first-order valence-corrected chi connectivity index (χ1v) is 6.38. The maximum Gasteiger partial charge on any atom is 0.0348 e. The Hall–Kier alpha value is -0.0800. The molecule has 0 amide bonds. The number of hydrogen-bond acceptors (Lipinski definition) is 2. The predicted molar refractivity (Wildman–Crippen MR) is 65.1 cm³/mol. The highest BCUT2D eigenvalue weighted by Gasteiger charge is 2.54. The Morgan fingerprint density at radius 1 is 1.27 bits per heavy atom. The molecular formula is C13H26N2. The van der Waals surface area contributed by atoms with Gasteiger partial charge in [0.15, 0.2) is 0 Å². The van der Waals surface area contributed by atoms with Crippen LogP contribution in [0.3, 0.4) is 0 Å². The van der Waals surface area contributed by atoms with Crippen molar-refractivity contribution in [3.05, 3.63) is 0 Å². The maximum atomic E-state index is 3.84. The van der Waals surface area contributed by atoms with E-state index in [-0.39, 0.29) is 0 Å². The number of hydrogen-bond donors (Lipinski definition) is 1. The third kappa shape index (κ3) is 1.72. The minimum absolute atomic E-state index is 0.328. The molecule has 2 heterocycles. The first-order valence-electron chi connectivity index (χ1n) is 6.38. The summed E-state index contributed by atoms with van der Waals surface area (Å²) >= 11 is 0. The zero-order valence-corrected chi connectivity index (χ0v) is 10.9.